The Morgan fingerprint density at radius 2 is 1.92 bits per heavy atom. The third-order valence-corrected chi connectivity index (χ3v) is 4.40. The van der Waals surface area contributed by atoms with E-state index in [2.05, 4.69) is 16.7 Å². The van der Waals surface area contributed by atoms with E-state index in [1.807, 2.05) is 0 Å². The molecule has 1 aliphatic heterocycles. The lowest BCUT2D eigenvalue weighted by molar-refractivity contribution is -0.151. The monoisotopic (exact) mass is 350 g/mol. The Morgan fingerprint density at radius 3 is 2.44 bits per heavy atom. The third-order valence-electron chi connectivity index (χ3n) is 4.40. The highest BCUT2D eigenvalue weighted by Gasteiger charge is 2.45. The number of hydrogen-bond acceptors (Lipinski definition) is 6. The Morgan fingerprint density at radius 1 is 1.28 bits per heavy atom. The molecule has 0 unspecified atom stereocenters. The molecule has 2 fully saturated rings. The van der Waals surface area contributed by atoms with Crippen molar-refractivity contribution in [3.8, 4) is 6.07 Å². The molecule has 0 aromatic heterocycles. The summed E-state index contributed by atoms with van der Waals surface area (Å²) in [6.07, 6.45) is 3.88. The maximum absolute atomic E-state index is 12.0. The first-order valence-electron chi connectivity index (χ1n) is 8.21. The summed E-state index contributed by atoms with van der Waals surface area (Å²) < 4.78 is 4.83. The number of esters is 1. The van der Waals surface area contributed by atoms with E-state index in [1.165, 1.54) is 13.8 Å². The van der Waals surface area contributed by atoms with Gasteiger partial charge in [-0.05, 0) is 26.7 Å². The predicted molar refractivity (Wildman–Crippen MR) is 84.9 cm³/mol. The first kappa shape index (κ1) is 18.7. The van der Waals surface area contributed by atoms with Crippen LogP contribution in [0.2, 0.25) is 0 Å². The Bertz CT molecular complexity index is 631. The van der Waals surface area contributed by atoms with Crippen molar-refractivity contribution in [2.45, 2.75) is 57.0 Å². The number of carbonyl (C=O) groups is 4. The van der Waals surface area contributed by atoms with Crippen molar-refractivity contribution < 1.29 is 23.9 Å². The van der Waals surface area contributed by atoms with Crippen LogP contribution in [-0.2, 0) is 19.1 Å². The predicted octanol–water partition coefficient (Wildman–Crippen LogP) is 0.203. The highest BCUT2D eigenvalue weighted by atomic mass is 16.5. The first-order chi connectivity index (χ1) is 11.7. The van der Waals surface area contributed by atoms with Crippen LogP contribution in [0.25, 0.3) is 0 Å². The van der Waals surface area contributed by atoms with Gasteiger partial charge in [0.25, 0.3) is 11.8 Å². The van der Waals surface area contributed by atoms with Gasteiger partial charge in [-0.25, -0.2) is 4.79 Å². The van der Waals surface area contributed by atoms with Gasteiger partial charge in [0.1, 0.15) is 17.6 Å². The summed E-state index contributed by atoms with van der Waals surface area (Å²) in [5, 5.41) is 14.4. The second-order valence-electron chi connectivity index (χ2n) is 6.91. The van der Waals surface area contributed by atoms with Gasteiger partial charge in [0, 0.05) is 0 Å². The van der Waals surface area contributed by atoms with Gasteiger partial charge in [0.2, 0.25) is 0 Å². The zero-order valence-electron chi connectivity index (χ0n) is 14.4. The molecule has 1 saturated carbocycles. The van der Waals surface area contributed by atoms with Crippen LogP contribution in [0.5, 0.6) is 0 Å². The van der Waals surface area contributed by atoms with E-state index in [-0.39, 0.29) is 0 Å². The fraction of sp³-hybridized carbons (Fsp3) is 0.688. The largest absolute Gasteiger partial charge is 0.454 e. The molecular weight excluding hydrogens is 328 g/mol. The van der Waals surface area contributed by atoms with Gasteiger partial charge in [-0.1, -0.05) is 19.3 Å². The fourth-order valence-corrected chi connectivity index (χ4v) is 3.01. The smallest absolute Gasteiger partial charge is 0.326 e. The number of nitrogens with zero attached hydrogens (tertiary/aromatic N) is 2. The van der Waals surface area contributed by atoms with Gasteiger partial charge in [0.15, 0.2) is 6.61 Å². The van der Waals surface area contributed by atoms with Gasteiger partial charge >= 0.3 is 12.0 Å². The number of carbonyl (C=O) groups excluding carboxylic acids is 4. The van der Waals surface area contributed by atoms with Crippen molar-refractivity contribution >= 4 is 23.8 Å². The van der Waals surface area contributed by atoms with E-state index in [9.17, 15) is 24.4 Å². The zero-order chi connectivity index (χ0) is 18.7. The summed E-state index contributed by atoms with van der Waals surface area (Å²) in [6.45, 7) is 1.93. The van der Waals surface area contributed by atoms with Gasteiger partial charge in [-0.15, -0.1) is 0 Å². The van der Waals surface area contributed by atoms with E-state index in [0.29, 0.717) is 12.8 Å². The summed E-state index contributed by atoms with van der Waals surface area (Å²) in [5.74, 6) is -1.98. The molecule has 0 spiro atoms. The minimum atomic E-state index is -1.07. The first-order valence-corrected chi connectivity index (χ1v) is 8.21. The second kappa shape index (κ2) is 7.09. The normalized spacial score (nSPS) is 21.2. The standard InChI is InChI=1S/C16H22N4O5/c1-15(2)13(23)20(14(24)19-15)8-12(22)25-9-11(21)18-16(10-17)6-4-3-5-7-16/h3-9H2,1-2H3,(H,18,21)(H,19,24). The molecule has 1 heterocycles. The maximum atomic E-state index is 12.0. The number of nitrogens with one attached hydrogen (secondary N) is 2. The topological polar surface area (TPSA) is 129 Å². The lowest BCUT2D eigenvalue weighted by atomic mass is 9.83. The molecule has 0 aromatic rings. The molecule has 0 radical (unpaired) electrons. The average Bonchev–Trinajstić information content (AvgIpc) is 2.75. The number of imide groups is 1. The molecule has 2 N–H and O–H groups in total. The Balaban J connectivity index is 1.82. The van der Waals surface area contributed by atoms with Gasteiger partial charge in [-0.2, -0.15) is 5.26 Å². The second-order valence-corrected chi connectivity index (χ2v) is 6.91. The number of hydrogen-bond donors (Lipinski definition) is 2. The van der Waals surface area contributed by atoms with Crippen molar-refractivity contribution in [2.75, 3.05) is 13.2 Å². The van der Waals surface area contributed by atoms with Crippen LogP contribution in [0.3, 0.4) is 0 Å². The van der Waals surface area contributed by atoms with Crippen LogP contribution in [0.4, 0.5) is 4.79 Å². The summed E-state index contributed by atoms with van der Waals surface area (Å²) in [7, 11) is 0. The number of rotatable bonds is 5. The van der Waals surface area contributed by atoms with E-state index >= 15 is 0 Å². The van der Waals surface area contributed by atoms with E-state index in [0.717, 1.165) is 24.2 Å². The van der Waals surface area contributed by atoms with Crippen molar-refractivity contribution in [3.05, 3.63) is 0 Å². The molecule has 1 aliphatic carbocycles. The molecule has 1 saturated heterocycles. The third kappa shape index (κ3) is 4.26. The number of ether oxygens (including phenoxy) is 1. The van der Waals surface area contributed by atoms with E-state index in [4.69, 9.17) is 4.74 Å². The van der Waals surface area contributed by atoms with Crippen molar-refractivity contribution in [1.29, 1.82) is 5.26 Å². The van der Waals surface area contributed by atoms with Crippen molar-refractivity contribution in [2.24, 2.45) is 0 Å². The lowest BCUT2D eigenvalue weighted by Crippen LogP contribution is -2.50. The van der Waals surface area contributed by atoms with E-state index < -0.39 is 48.0 Å². The minimum Gasteiger partial charge on any atom is -0.454 e. The zero-order valence-corrected chi connectivity index (χ0v) is 14.4. The fourth-order valence-electron chi connectivity index (χ4n) is 3.01. The molecule has 25 heavy (non-hydrogen) atoms. The SMILES string of the molecule is CC1(C)NC(=O)N(CC(=O)OCC(=O)NC2(C#N)CCCCC2)C1=O. The molecule has 0 bridgehead atoms. The van der Waals surface area contributed by atoms with Crippen LogP contribution in [-0.4, -0.2) is 52.9 Å². The summed E-state index contributed by atoms with van der Waals surface area (Å²) in [4.78, 5) is 48.2. The van der Waals surface area contributed by atoms with Gasteiger partial charge in [0.05, 0.1) is 6.07 Å². The van der Waals surface area contributed by atoms with Crippen LogP contribution in [0.1, 0.15) is 46.0 Å². The Labute approximate surface area is 145 Å². The lowest BCUT2D eigenvalue weighted by Gasteiger charge is -2.31. The van der Waals surface area contributed by atoms with Crippen LogP contribution >= 0.6 is 0 Å². The Kier molecular flexibility index (Phi) is 5.30. The Hall–Kier alpha value is -2.63. The maximum Gasteiger partial charge on any atom is 0.326 e. The number of urea groups is 1. The highest BCUT2D eigenvalue weighted by Crippen LogP contribution is 2.27. The molecule has 0 aromatic carbocycles. The van der Waals surface area contributed by atoms with Crippen molar-refractivity contribution in [3.63, 3.8) is 0 Å². The molecular formula is C16H22N4O5. The van der Waals surface area contributed by atoms with Gasteiger partial charge < -0.3 is 15.4 Å². The molecule has 136 valence electrons. The minimum absolute atomic E-state index is 0.537. The summed E-state index contributed by atoms with van der Waals surface area (Å²) in [6, 6.07) is 1.46. The summed E-state index contributed by atoms with van der Waals surface area (Å²) in [5.41, 5.74) is -1.98. The quantitative estimate of drug-likeness (QED) is 0.538. The van der Waals surface area contributed by atoms with Crippen molar-refractivity contribution in [1.82, 2.24) is 15.5 Å². The van der Waals surface area contributed by atoms with Crippen LogP contribution in [0.15, 0.2) is 0 Å². The molecule has 2 rings (SSSR count). The highest BCUT2D eigenvalue weighted by molar-refractivity contribution is 6.08. The molecule has 4 amide bonds. The average molecular weight is 350 g/mol. The summed E-state index contributed by atoms with van der Waals surface area (Å²) >= 11 is 0. The van der Waals surface area contributed by atoms with E-state index in [1.54, 1.807) is 0 Å². The molecule has 0 atom stereocenters. The van der Waals surface area contributed by atoms with Crippen LogP contribution < -0.4 is 10.6 Å². The molecule has 9 nitrogen and oxygen atoms in total. The number of amides is 4. The van der Waals surface area contributed by atoms with Crippen LogP contribution in [0, 0.1) is 11.3 Å². The number of nitriles is 1. The van der Waals surface area contributed by atoms with Gasteiger partial charge in [-0.3, -0.25) is 19.3 Å². The molecule has 9 heteroatoms. The molecule has 2 aliphatic rings.